The SMILES string of the molecule is CN(C)CCCNC(=O)Cc1c[nH]c2ccc(F)cc12. The summed E-state index contributed by atoms with van der Waals surface area (Å²) in [5.74, 6) is -0.321. The highest BCUT2D eigenvalue weighted by Crippen LogP contribution is 2.19. The molecule has 0 radical (unpaired) electrons. The van der Waals surface area contributed by atoms with Crippen LogP contribution in [0.5, 0.6) is 0 Å². The van der Waals surface area contributed by atoms with Gasteiger partial charge >= 0.3 is 0 Å². The molecular weight excluding hydrogens is 257 g/mol. The quantitative estimate of drug-likeness (QED) is 0.793. The molecule has 0 saturated carbocycles. The minimum Gasteiger partial charge on any atom is -0.361 e. The van der Waals surface area contributed by atoms with E-state index in [-0.39, 0.29) is 18.1 Å². The number of carbonyl (C=O) groups excluding carboxylic acids is 1. The van der Waals surface area contributed by atoms with Gasteiger partial charge in [0.1, 0.15) is 5.82 Å². The lowest BCUT2D eigenvalue weighted by atomic mass is 10.1. The zero-order chi connectivity index (χ0) is 14.5. The van der Waals surface area contributed by atoms with Gasteiger partial charge in [-0.25, -0.2) is 4.39 Å². The number of H-pyrrole nitrogens is 1. The Bertz CT molecular complexity index is 592. The lowest BCUT2D eigenvalue weighted by Gasteiger charge is -2.09. The monoisotopic (exact) mass is 277 g/mol. The van der Waals surface area contributed by atoms with Crippen molar-refractivity contribution in [1.82, 2.24) is 15.2 Å². The Hall–Kier alpha value is -1.88. The highest BCUT2D eigenvalue weighted by molar-refractivity contribution is 5.88. The van der Waals surface area contributed by atoms with Crippen molar-refractivity contribution in [3.63, 3.8) is 0 Å². The van der Waals surface area contributed by atoms with Gasteiger partial charge in [-0.3, -0.25) is 4.79 Å². The fraction of sp³-hybridized carbons (Fsp3) is 0.400. The van der Waals surface area contributed by atoms with Crippen LogP contribution in [-0.4, -0.2) is 43.0 Å². The predicted octanol–water partition coefficient (Wildman–Crippen LogP) is 1.92. The smallest absolute Gasteiger partial charge is 0.224 e. The van der Waals surface area contributed by atoms with Gasteiger partial charge in [-0.05, 0) is 50.8 Å². The molecule has 0 saturated heterocycles. The normalized spacial score (nSPS) is 11.2. The third-order valence-electron chi connectivity index (χ3n) is 3.18. The fourth-order valence-corrected chi connectivity index (χ4v) is 2.16. The second-order valence-corrected chi connectivity index (χ2v) is 5.19. The van der Waals surface area contributed by atoms with E-state index in [1.54, 1.807) is 12.3 Å². The maximum absolute atomic E-state index is 13.2. The van der Waals surface area contributed by atoms with Crippen molar-refractivity contribution in [2.24, 2.45) is 0 Å². The van der Waals surface area contributed by atoms with Crippen molar-refractivity contribution in [2.45, 2.75) is 12.8 Å². The highest BCUT2D eigenvalue weighted by atomic mass is 19.1. The zero-order valence-electron chi connectivity index (χ0n) is 11.9. The molecule has 0 fully saturated rings. The van der Waals surface area contributed by atoms with Gasteiger partial charge in [0.05, 0.1) is 6.42 Å². The summed E-state index contributed by atoms with van der Waals surface area (Å²) < 4.78 is 13.2. The van der Waals surface area contributed by atoms with Crippen LogP contribution in [0.4, 0.5) is 4.39 Å². The van der Waals surface area contributed by atoms with Crippen LogP contribution < -0.4 is 5.32 Å². The van der Waals surface area contributed by atoms with Crippen molar-refractivity contribution < 1.29 is 9.18 Å². The van der Waals surface area contributed by atoms with Crippen molar-refractivity contribution in [3.8, 4) is 0 Å². The molecule has 0 unspecified atom stereocenters. The molecule has 2 N–H and O–H groups in total. The molecule has 4 nitrogen and oxygen atoms in total. The molecule has 1 aromatic heterocycles. The van der Waals surface area contributed by atoms with Crippen LogP contribution in [-0.2, 0) is 11.2 Å². The number of carbonyl (C=O) groups is 1. The van der Waals surface area contributed by atoms with Gasteiger partial charge in [0.25, 0.3) is 0 Å². The third-order valence-corrected chi connectivity index (χ3v) is 3.18. The first kappa shape index (κ1) is 14.5. The third kappa shape index (κ3) is 3.81. The molecule has 108 valence electrons. The molecule has 0 aliphatic rings. The van der Waals surface area contributed by atoms with Gasteiger partial charge < -0.3 is 15.2 Å². The van der Waals surface area contributed by atoms with E-state index in [0.717, 1.165) is 29.4 Å². The topological polar surface area (TPSA) is 48.1 Å². The molecule has 20 heavy (non-hydrogen) atoms. The Balaban J connectivity index is 1.91. The second-order valence-electron chi connectivity index (χ2n) is 5.19. The molecule has 0 bridgehead atoms. The number of halogens is 1. The Labute approximate surface area is 118 Å². The molecule has 2 rings (SSSR count). The molecule has 1 amide bonds. The maximum Gasteiger partial charge on any atom is 0.224 e. The number of aromatic nitrogens is 1. The first-order chi connectivity index (χ1) is 9.56. The van der Waals surface area contributed by atoms with Crippen LogP contribution >= 0.6 is 0 Å². The largest absolute Gasteiger partial charge is 0.361 e. The summed E-state index contributed by atoms with van der Waals surface area (Å²) in [5, 5.41) is 3.65. The summed E-state index contributed by atoms with van der Waals surface area (Å²) >= 11 is 0. The minimum absolute atomic E-state index is 0.0334. The average Bonchev–Trinajstić information content (AvgIpc) is 2.77. The van der Waals surface area contributed by atoms with E-state index in [1.807, 2.05) is 14.1 Å². The predicted molar refractivity (Wildman–Crippen MR) is 78.1 cm³/mol. The molecule has 2 aromatic rings. The van der Waals surface area contributed by atoms with Crippen LogP contribution in [0, 0.1) is 5.82 Å². The first-order valence-electron chi connectivity index (χ1n) is 6.73. The lowest BCUT2D eigenvalue weighted by molar-refractivity contribution is -0.120. The van der Waals surface area contributed by atoms with E-state index >= 15 is 0 Å². The van der Waals surface area contributed by atoms with Gasteiger partial charge in [0.2, 0.25) is 5.91 Å². The van der Waals surface area contributed by atoms with Gasteiger partial charge in [-0.2, -0.15) is 0 Å². The van der Waals surface area contributed by atoms with Crippen LogP contribution in [0.2, 0.25) is 0 Å². The number of fused-ring (bicyclic) bond motifs is 1. The Kier molecular flexibility index (Phi) is 4.74. The van der Waals surface area contributed by atoms with Crippen LogP contribution in [0.1, 0.15) is 12.0 Å². The van der Waals surface area contributed by atoms with Crippen molar-refractivity contribution in [1.29, 1.82) is 0 Å². The van der Waals surface area contributed by atoms with Gasteiger partial charge in [0, 0.05) is 23.6 Å². The van der Waals surface area contributed by atoms with E-state index in [0.29, 0.717) is 6.54 Å². The van der Waals surface area contributed by atoms with Crippen molar-refractivity contribution >= 4 is 16.8 Å². The molecule has 1 aromatic carbocycles. The fourth-order valence-electron chi connectivity index (χ4n) is 2.16. The summed E-state index contributed by atoms with van der Waals surface area (Å²) in [4.78, 5) is 17.0. The van der Waals surface area contributed by atoms with Gasteiger partial charge in [-0.15, -0.1) is 0 Å². The van der Waals surface area contributed by atoms with Crippen molar-refractivity contribution in [2.75, 3.05) is 27.2 Å². The zero-order valence-corrected chi connectivity index (χ0v) is 11.9. The van der Waals surface area contributed by atoms with E-state index in [2.05, 4.69) is 15.2 Å². The van der Waals surface area contributed by atoms with Crippen LogP contribution in [0.3, 0.4) is 0 Å². The molecule has 1 heterocycles. The van der Waals surface area contributed by atoms with Gasteiger partial charge in [-0.1, -0.05) is 0 Å². The average molecular weight is 277 g/mol. The molecule has 0 atom stereocenters. The minimum atomic E-state index is -0.287. The number of amides is 1. The van der Waals surface area contributed by atoms with Crippen LogP contribution in [0.15, 0.2) is 24.4 Å². The number of rotatable bonds is 6. The first-order valence-corrected chi connectivity index (χ1v) is 6.73. The Morgan fingerprint density at radius 1 is 1.40 bits per heavy atom. The lowest BCUT2D eigenvalue weighted by Crippen LogP contribution is -2.28. The second kappa shape index (κ2) is 6.52. The maximum atomic E-state index is 13.2. The molecule has 0 aliphatic carbocycles. The number of nitrogens with one attached hydrogen (secondary N) is 2. The summed E-state index contributed by atoms with van der Waals surface area (Å²) in [5.41, 5.74) is 1.67. The summed E-state index contributed by atoms with van der Waals surface area (Å²) in [6.07, 6.45) is 2.95. The number of hydrogen-bond acceptors (Lipinski definition) is 2. The summed E-state index contributed by atoms with van der Waals surface area (Å²) in [6, 6.07) is 4.55. The number of nitrogens with zero attached hydrogens (tertiary/aromatic N) is 1. The van der Waals surface area contributed by atoms with Crippen molar-refractivity contribution in [3.05, 3.63) is 35.8 Å². The highest BCUT2D eigenvalue weighted by Gasteiger charge is 2.09. The summed E-state index contributed by atoms with van der Waals surface area (Å²) in [6.45, 7) is 1.60. The Morgan fingerprint density at radius 2 is 2.20 bits per heavy atom. The van der Waals surface area contributed by atoms with E-state index in [4.69, 9.17) is 0 Å². The number of benzene rings is 1. The standard InChI is InChI=1S/C15H20FN3O/c1-19(2)7-3-6-17-15(20)8-11-10-18-14-5-4-12(16)9-13(11)14/h4-5,9-10,18H,3,6-8H2,1-2H3,(H,17,20). The molecule has 0 spiro atoms. The Morgan fingerprint density at radius 3 is 2.95 bits per heavy atom. The van der Waals surface area contributed by atoms with E-state index < -0.39 is 0 Å². The molecule has 5 heteroatoms. The number of hydrogen-bond donors (Lipinski definition) is 2. The van der Waals surface area contributed by atoms with Crippen LogP contribution in [0.25, 0.3) is 10.9 Å². The molecular formula is C15H20FN3O. The number of aromatic amines is 1. The summed E-state index contributed by atoms with van der Waals surface area (Å²) in [7, 11) is 4.00. The van der Waals surface area contributed by atoms with E-state index in [1.165, 1.54) is 12.1 Å². The molecule has 0 aliphatic heterocycles. The van der Waals surface area contributed by atoms with Gasteiger partial charge in [0.15, 0.2) is 0 Å². The van der Waals surface area contributed by atoms with E-state index in [9.17, 15) is 9.18 Å².